The summed E-state index contributed by atoms with van der Waals surface area (Å²) in [6.45, 7) is 0. The van der Waals surface area contributed by atoms with Crippen LogP contribution in [0.3, 0.4) is 0 Å². The Morgan fingerprint density at radius 2 is 1.87 bits per heavy atom. The average Bonchev–Trinajstić information content (AvgIpc) is 3.25. The van der Waals surface area contributed by atoms with Gasteiger partial charge in [-0.25, -0.2) is 0 Å². The molecule has 0 aliphatic carbocycles. The van der Waals surface area contributed by atoms with Crippen molar-refractivity contribution in [3.63, 3.8) is 0 Å². The number of amides is 1. The monoisotopic (exact) mass is 446 g/mol. The topological polar surface area (TPSA) is 157 Å². The summed E-state index contributed by atoms with van der Waals surface area (Å²) in [7, 11) is 0. The van der Waals surface area contributed by atoms with E-state index >= 15 is 0 Å². The Bertz CT molecular complexity index is 1090. The van der Waals surface area contributed by atoms with Gasteiger partial charge in [-0.15, -0.1) is 0 Å². The first-order valence-corrected chi connectivity index (χ1v) is 9.42. The Morgan fingerprint density at radius 3 is 2.43 bits per heavy atom. The van der Waals surface area contributed by atoms with Crippen molar-refractivity contribution in [2.45, 2.75) is 12.5 Å². The highest BCUT2D eigenvalue weighted by Gasteiger charge is 2.38. The predicted molar refractivity (Wildman–Crippen MR) is 104 cm³/mol. The summed E-state index contributed by atoms with van der Waals surface area (Å²) in [5.41, 5.74) is 0.493. The smallest absolute Gasteiger partial charge is 0.269 e. The minimum atomic E-state index is -1.79. The number of thiocarbonyl (C=S) groups is 1. The largest absolute Gasteiger partial charge is 0.550 e. The number of aliphatic carboxylic acids is 2. The predicted octanol–water partition coefficient (Wildman–Crippen LogP) is 0.315. The molecule has 1 atom stereocenters. The highest BCUT2D eigenvalue weighted by Crippen LogP contribution is 2.35. The van der Waals surface area contributed by atoms with Crippen LogP contribution in [0.2, 0.25) is 0 Å². The molecule has 1 amide bonds. The van der Waals surface area contributed by atoms with Crippen molar-refractivity contribution < 1.29 is 33.9 Å². The van der Waals surface area contributed by atoms with E-state index in [4.69, 9.17) is 16.6 Å². The van der Waals surface area contributed by atoms with E-state index < -0.39 is 35.2 Å². The maximum Gasteiger partial charge on any atom is 0.269 e. The van der Waals surface area contributed by atoms with Gasteiger partial charge in [0, 0.05) is 36.2 Å². The molecule has 154 valence electrons. The zero-order valence-electron chi connectivity index (χ0n) is 14.8. The SMILES string of the molecule is O=C([O-])C[C@H](C(=O)[O-])N1C(=O)/C(=C/c2ccc(-c3ccc([N+](=O)[O-])cc3)o2)SC1=S. The van der Waals surface area contributed by atoms with Crippen molar-refractivity contribution in [1.82, 2.24) is 4.90 Å². The maximum absolute atomic E-state index is 12.6. The van der Waals surface area contributed by atoms with Crippen LogP contribution in [0.25, 0.3) is 17.4 Å². The standard InChI is InChI=1S/C18H12N2O8S2/c21-15(22)8-12(17(24)25)19-16(23)14(30-18(19)29)7-11-5-6-13(28-11)9-1-3-10(4-2-9)20(26)27/h1-7,12H,8H2,(H,21,22)(H,24,25)/p-2/b14-7-/t12-/m1/s1. The lowest BCUT2D eigenvalue weighted by Gasteiger charge is -2.27. The van der Waals surface area contributed by atoms with Gasteiger partial charge in [0.2, 0.25) is 0 Å². The van der Waals surface area contributed by atoms with Gasteiger partial charge < -0.3 is 24.2 Å². The molecular formula is C18H10N2O8S2-2. The Balaban J connectivity index is 1.83. The number of rotatable bonds is 7. The number of carbonyl (C=O) groups is 3. The van der Waals surface area contributed by atoms with E-state index in [1.165, 1.54) is 30.3 Å². The molecule has 0 unspecified atom stereocenters. The number of carboxylic acids is 2. The molecule has 1 aromatic heterocycles. The molecule has 12 heteroatoms. The van der Waals surface area contributed by atoms with Gasteiger partial charge >= 0.3 is 0 Å². The summed E-state index contributed by atoms with van der Waals surface area (Å²) in [6.07, 6.45) is 0.368. The van der Waals surface area contributed by atoms with Gasteiger partial charge in [-0.05, 0) is 24.3 Å². The Hall–Kier alpha value is -3.51. The number of nitrogens with zero attached hydrogens (tertiary/aromatic N) is 2. The fourth-order valence-corrected chi connectivity index (χ4v) is 3.99. The van der Waals surface area contributed by atoms with Crippen molar-refractivity contribution in [3.8, 4) is 11.3 Å². The summed E-state index contributed by atoms with van der Waals surface area (Å²) in [5, 5.41) is 32.8. The van der Waals surface area contributed by atoms with Crippen LogP contribution in [-0.2, 0) is 14.4 Å². The second-order valence-electron chi connectivity index (χ2n) is 5.97. The first-order chi connectivity index (χ1) is 14.2. The maximum atomic E-state index is 12.6. The number of hydrogen-bond donors (Lipinski definition) is 0. The van der Waals surface area contributed by atoms with Crippen LogP contribution in [0.15, 0.2) is 45.7 Å². The normalized spacial score (nSPS) is 16.1. The van der Waals surface area contributed by atoms with Gasteiger partial charge in [0.25, 0.3) is 11.6 Å². The second kappa shape index (κ2) is 8.47. The van der Waals surface area contributed by atoms with E-state index in [-0.39, 0.29) is 20.7 Å². The van der Waals surface area contributed by atoms with Gasteiger partial charge in [0.05, 0.1) is 21.8 Å². The molecule has 0 N–H and O–H groups in total. The minimum absolute atomic E-state index is 0.0363. The van der Waals surface area contributed by atoms with Crippen LogP contribution in [0.1, 0.15) is 12.2 Å². The van der Waals surface area contributed by atoms with Crippen molar-refractivity contribution in [2.24, 2.45) is 0 Å². The van der Waals surface area contributed by atoms with Crippen LogP contribution in [0, 0.1) is 10.1 Å². The van der Waals surface area contributed by atoms with Crippen molar-refractivity contribution >= 4 is 57.9 Å². The molecule has 0 radical (unpaired) electrons. The van der Waals surface area contributed by atoms with Gasteiger partial charge in [0.15, 0.2) is 0 Å². The number of thioether (sulfide) groups is 1. The Labute approximate surface area is 177 Å². The molecule has 0 spiro atoms. The van der Waals surface area contributed by atoms with E-state index in [1.807, 2.05) is 0 Å². The van der Waals surface area contributed by atoms with Gasteiger partial charge in [-0.3, -0.25) is 19.8 Å². The molecule has 0 saturated carbocycles. The van der Waals surface area contributed by atoms with E-state index in [1.54, 1.807) is 12.1 Å². The van der Waals surface area contributed by atoms with Gasteiger partial charge in [-0.2, -0.15) is 0 Å². The van der Waals surface area contributed by atoms with Crippen LogP contribution in [-0.4, -0.2) is 38.0 Å². The molecule has 10 nitrogen and oxygen atoms in total. The first-order valence-electron chi connectivity index (χ1n) is 8.20. The number of carbonyl (C=O) groups excluding carboxylic acids is 3. The van der Waals surface area contributed by atoms with Crippen LogP contribution >= 0.6 is 24.0 Å². The Morgan fingerprint density at radius 1 is 1.20 bits per heavy atom. The molecule has 1 aliphatic rings. The number of carboxylic acid groups (broad SMARTS) is 2. The lowest BCUT2D eigenvalue weighted by atomic mass is 10.1. The van der Waals surface area contributed by atoms with Crippen molar-refractivity contribution in [3.05, 3.63) is 57.2 Å². The molecule has 2 aromatic rings. The molecule has 0 bridgehead atoms. The minimum Gasteiger partial charge on any atom is -0.550 e. The number of nitro groups is 1. The quantitative estimate of drug-likeness (QED) is 0.251. The third-order valence-electron chi connectivity index (χ3n) is 4.03. The molecule has 1 aromatic carbocycles. The lowest BCUT2D eigenvalue weighted by Crippen LogP contribution is -2.52. The average molecular weight is 446 g/mol. The highest BCUT2D eigenvalue weighted by atomic mass is 32.2. The first kappa shape index (κ1) is 21.2. The molecule has 1 saturated heterocycles. The number of non-ortho nitro benzene ring substituents is 1. The molecule has 3 rings (SSSR count). The van der Waals surface area contributed by atoms with Crippen molar-refractivity contribution in [2.75, 3.05) is 0 Å². The number of benzene rings is 1. The molecule has 30 heavy (non-hydrogen) atoms. The van der Waals surface area contributed by atoms with E-state index in [2.05, 4.69) is 0 Å². The van der Waals surface area contributed by atoms with E-state index in [9.17, 15) is 34.7 Å². The summed E-state index contributed by atoms with van der Waals surface area (Å²) in [5.74, 6) is -3.60. The molecule has 1 aliphatic heterocycles. The molecule has 2 heterocycles. The van der Waals surface area contributed by atoms with Crippen LogP contribution in [0.4, 0.5) is 5.69 Å². The van der Waals surface area contributed by atoms with Gasteiger partial charge in [-0.1, -0.05) is 24.0 Å². The lowest BCUT2D eigenvalue weighted by molar-refractivity contribution is -0.384. The van der Waals surface area contributed by atoms with Crippen molar-refractivity contribution in [1.29, 1.82) is 0 Å². The summed E-state index contributed by atoms with van der Waals surface area (Å²) in [6, 6.07) is 6.99. The number of nitro benzene ring substituents is 1. The zero-order valence-corrected chi connectivity index (χ0v) is 16.4. The third kappa shape index (κ3) is 4.39. The highest BCUT2D eigenvalue weighted by molar-refractivity contribution is 8.26. The fraction of sp³-hybridized carbons (Fsp3) is 0.111. The Kier molecular flexibility index (Phi) is 5.99. The summed E-state index contributed by atoms with van der Waals surface area (Å²) < 4.78 is 5.48. The fourth-order valence-electron chi connectivity index (χ4n) is 2.65. The van der Waals surface area contributed by atoms with Crippen LogP contribution in [0.5, 0.6) is 0 Å². The van der Waals surface area contributed by atoms with E-state index in [0.717, 1.165) is 11.8 Å². The summed E-state index contributed by atoms with van der Waals surface area (Å²) in [4.78, 5) is 45.5. The second-order valence-corrected chi connectivity index (χ2v) is 7.64. The third-order valence-corrected chi connectivity index (χ3v) is 5.36. The summed E-state index contributed by atoms with van der Waals surface area (Å²) >= 11 is 5.80. The number of furan rings is 1. The molecule has 1 fully saturated rings. The molecular weight excluding hydrogens is 436 g/mol. The van der Waals surface area contributed by atoms with Crippen LogP contribution < -0.4 is 10.2 Å². The van der Waals surface area contributed by atoms with E-state index in [0.29, 0.717) is 16.2 Å². The van der Waals surface area contributed by atoms with Gasteiger partial charge in [0.1, 0.15) is 15.8 Å². The number of hydrogen-bond acceptors (Lipinski definition) is 10. The zero-order chi connectivity index (χ0) is 22.0.